The fourth-order valence-corrected chi connectivity index (χ4v) is 8.39. The number of ether oxygens (including phenoxy) is 2. The van der Waals surface area contributed by atoms with E-state index in [0.717, 1.165) is 82.1 Å². The van der Waals surface area contributed by atoms with Crippen molar-refractivity contribution >= 4 is 24.1 Å². The number of amides is 2. The first kappa shape index (κ1) is 42.2. The average Bonchev–Trinajstić information content (AvgIpc) is 4.00. The summed E-state index contributed by atoms with van der Waals surface area (Å²) in [5, 5.41) is 0. The molecule has 0 spiro atoms. The van der Waals surface area contributed by atoms with E-state index in [1.165, 1.54) is 0 Å². The summed E-state index contributed by atoms with van der Waals surface area (Å²) in [7, 11) is 7.74. The summed E-state index contributed by atoms with van der Waals surface area (Å²) < 4.78 is 9.70. The molecule has 6 rings (SSSR count). The Bertz CT molecular complexity index is 2090. The van der Waals surface area contributed by atoms with Crippen molar-refractivity contribution in [3.05, 3.63) is 71.6 Å². The predicted molar refractivity (Wildman–Crippen MR) is 219 cm³/mol. The molecule has 2 aliphatic heterocycles. The highest BCUT2D eigenvalue weighted by Gasteiger charge is 2.40. The largest absolute Gasteiger partial charge is 0.412 e. The number of hydrogen-bond acceptors (Lipinski definition) is 12. The van der Waals surface area contributed by atoms with Gasteiger partial charge in [-0.15, -0.1) is 0 Å². The topological polar surface area (TPSA) is 209 Å². The van der Waals surface area contributed by atoms with E-state index in [1.807, 2.05) is 50.4 Å². The SMILES string of the molecule is Cc1c(-c2ccc(-c3cnc([C@@H]4CCCN4C(CCN(C)C)C(=O)OC(N)=O)[nH]3)cc2)ccc(-c2cnc([C@@H]3CCCN3C(CCN(C)C)C(=O)OC(N)=O)[nH]2)c1C. The van der Waals surface area contributed by atoms with Crippen LogP contribution in [0.2, 0.25) is 0 Å². The number of nitrogens with two attached hydrogens (primary N) is 2. The van der Waals surface area contributed by atoms with Gasteiger partial charge in [0.25, 0.3) is 0 Å². The minimum Gasteiger partial charge on any atom is -0.375 e. The maximum Gasteiger partial charge on any atom is 0.412 e. The van der Waals surface area contributed by atoms with Crippen molar-refractivity contribution < 1.29 is 28.7 Å². The molecule has 2 aromatic heterocycles. The third-order valence-electron chi connectivity index (χ3n) is 11.4. The zero-order valence-corrected chi connectivity index (χ0v) is 34.3. The molecule has 2 aliphatic rings. The smallest absolute Gasteiger partial charge is 0.375 e. The number of rotatable bonds is 15. The highest BCUT2D eigenvalue weighted by atomic mass is 16.6. The van der Waals surface area contributed by atoms with E-state index in [9.17, 15) is 19.2 Å². The van der Waals surface area contributed by atoms with Crippen molar-refractivity contribution in [2.45, 2.75) is 76.5 Å². The molecule has 2 aromatic carbocycles. The monoisotopic (exact) mass is 796 g/mol. The maximum absolute atomic E-state index is 13.0. The van der Waals surface area contributed by atoms with Gasteiger partial charge in [-0.3, -0.25) is 9.80 Å². The predicted octanol–water partition coefficient (Wildman–Crippen LogP) is 4.91. The molecular formula is C42H56N10O6. The minimum absolute atomic E-state index is 0.134. The van der Waals surface area contributed by atoms with Crippen LogP contribution in [-0.4, -0.2) is 130 Å². The third-order valence-corrected chi connectivity index (χ3v) is 11.4. The zero-order chi connectivity index (χ0) is 41.7. The zero-order valence-electron chi connectivity index (χ0n) is 34.3. The molecule has 4 heterocycles. The molecular weight excluding hydrogens is 741 g/mol. The van der Waals surface area contributed by atoms with Gasteiger partial charge in [-0.2, -0.15) is 0 Å². The second kappa shape index (κ2) is 18.4. The Kier molecular flexibility index (Phi) is 13.4. The highest BCUT2D eigenvalue weighted by Crippen LogP contribution is 2.38. The van der Waals surface area contributed by atoms with Crippen molar-refractivity contribution in [3.63, 3.8) is 0 Å². The van der Waals surface area contributed by atoms with Crippen molar-refractivity contribution in [1.82, 2.24) is 39.5 Å². The van der Waals surface area contributed by atoms with Crippen LogP contribution in [0, 0.1) is 13.8 Å². The van der Waals surface area contributed by atoms with Gasteiger partial charge < -0.3 is 40.7 Å². The van der Waals surface area contributed by atoms with Gasteiger partial charge in [0.15, 0.2) is 0 Å². The standard InChI is InChI=1S/C42H56N10O6/c1-25-26(2)30(32-24-46-38(48-32)34-10-8-20-52(34)36(18-22-50(5)6)40(54)58-42(44)56)16-15-29(25)27-11-13-28(14-12-27)31-23-45-37(47-31)33-9-7-19-51(33)35(17-21-49(3)4)39(53)57-41(43)55/h11-16,23-24,33-36H,7-10,17-22H2,1-6H3,(H2,43,55)(H2,44,56)(H,45,47)(H,46,48)/t33-,34-,35?,36?/m0/s1. The van der Waals surface area contributed by atoms with Crippen LogP contribution in [0.4, 0.5) is 9.59 Å². The lowest BCUT2D eigenvalue weighted by molar-refractivity contribution is -0.145. The molecule has 4 atom stereocenters. The Balaban J connectivity index is 1.17. The number of nitrogens with one attached hydrogen (secondary N) is 2. The van der Waals surface area contributed by atoms with Gasteiger partial charge in [0.2, 0.25) is 0 Å². The Morgan fingerprint density at radius 1 is 0.690 bits per heavy atom. The normalized spacial score (nSPS) is 18.5. The van der Waals surface area contributed by atoms with Crippen LogP contribution in [-0.2, 0) is 19.1 Å². The van der Waals surface area contributed by atoms with E-state index >= 15 is 0 Å². The van der Waals surface area contributed by atoms with E-state index < -0.39 is 36.2 Å². The average molecular weight is 797 g/mol. The molecule has 58 heavy (non-hydrogen) atoms. The summed E-state index contributed by atoms with van der Waals surface area (Å²) in [6.45, 7) is 6.87. The lowest BCUT2D eigenvalue weighted by atomic mass is 9.92. The third kappa shape index (κ3) is 9.64. The molecule has 2 saturated heterocycles. The van der Waals surface area contributed by atoms with E-state index in [-0.39, 0.29) is 12.1 Å². The molecule has 16 heteroatoms. The number of benzene rings is 2. The summed E-state index contributed by atoms with van der Waals surface area (Å²) in [5.74, 6) is 0.254. The molecule has 310 valence electrons. The molecule has 4 aromatic rings. The van der Waals surface area contributed by atoms with Gasteiger partial charge in [0.05, 0.1) is 35.9 Å². The van der Waals surface area contributed by atoms with Gasteiger partial charge in [-0.25, -0.2) is 29.1 Å². The number of imidazole rings is 2. The molecule has 0 radical (unpaired) electrons. The maximum atomic E-state index is 13.0. The lowest BCUT2D eigenvalue weighted by Gasteiger charge is -2.31. The van der Waals surface area contributed by atoms with Crippen LogP contribution in [0.1, 0.15) is 73.4 Å². The first-order valence-electron chi connectivity index (χ1n) is 19.9. The fraction of sp³-hybridized carbons (Fsp3) is 0.476. The Morgan fingerprint density at radius 3 is 1.60 bits per heavy atom. The number of primary amides is 2. The first-order chi connectivity index (χ1) is 27.7. The Morgan fingerprint density at radius 2 is 1.12 bits per heavy atom. The van der Waals surface area contributed by atoms with Crippen LogP contribution in [0.5, 0.6) is 0 Å². The summed E-state index contributed by atoms with van der Waals surface area (Å²) >= 11 is 0. The van der Waals surface area contributed by atoms with Crippen LogP contribution in [0.15, 0.2) is 48.8 Å². The number of likely N-dealkylation sites (tertiary alicyclic amines) is 2. The van der Waals surface area contributed by atoms with Crippen molar-refractivity contribution in [2.24, 2.45) is 11.5 Å². The van der Waals surface area contributed by atoms with E-state index in [1.54, 1.807) is 0 Å². The summed E-state index contributed by atoms with van der Waals surface area (Å²) in [6, 6.07) is 11.1. The van der Waals surface area contributed by atoms with Crippen LogP contribution < -0.4 is 11.5 Å². The van der Waals surface area contributed by atoms with Crippen molar-refractivity contribution in [1.29, 1.82) is 0 Å². The number of aromatic nitrogens is 4. The number of H-pyrrole nitrogens is 2. The number of nitrogens with zero attached hydrogens (tertiary/aromatic N) is 6. The van der Waals surface area contributed by atoms with Crippen molar-refractivity contribution in [2.75, 3.05) is 54.4 Å². The lowest BCUT2D eigenvalue weighted by Crippen LogP contribution is -2.44. The molecule has 2 fully saturated rings. The molecule has 2 unspecified atom stereocenters. The van der Waals surface area contributed by atoms with Crippen LogP contribution >= 0.6 is 0 Å². The molecule has 0 saturated carbocycles. The van der Waals surface area contributed by atoms with Gasteiger partial charge in [0.1, 0.15) is 23.7 Å². The number of hydrogen-bond donors (Lipinski definition) is 4. The van der Waals surface area contributed by atoms with Crippen molar-refractivity contribution in [3.8, 4) is 33.6 Å². The Hall–Kier alpha value is -5.42. The quantitative estimate of drug-likeness (QED) is 0.0935. The second-order valence-corrected chi connectivity index (χ2v) is 15.8. The molecule has 16 nitrogen and oxygen atoms in total. The number of aromatic amines is 2. The fourth-order valence-electron chi connectivity index (χ4n) is 8.39. The van der Waals surface area contributed by atoms with Crippen LogP contribution in [0.3, 0.4) is 0 Å². The highest BCUT2D eigenvalue weighted by molar-refractivity contribution is 5.87. The second-order valence-electron chi connectivity index (χ2n) is 15.8. The molecule has 6 N–H and O–H groups in total. The van der Waals surface area contributed by atoms with E-state index in [4.69, 9.17) is 30.9 Å². The van der Waals surface area contributed by atoms with E-state index in [0.29, 0.717) is 39.0 Å². The molecule has 2 amide bonds. The Labute approximate surface area is 339 Å². The van der Waals surface area contributed by atoms with Crippen LogP contribution in [0.25, 0.3) is 33.6 Å². The van der Waals surface area contributed by atoms with Gasteiger partial charge in [-0.05, 0) is 135 Å². The minimum atomic E-state index is -1.10. The number of carbonyl (C=O) groups is 4. The first-order valence-corrected chi connectivity index (χ1v) is 19.9. The summed E-state index contributed by atoms with van der Waals surface area (Å²) in [5.41, 5.74) is 18.6. The van der Waals surface area contributed by atoms with E-state index in [2.05, 4.69) is 70.0 Å². The van der Waals surface area contributed by atoms with Gasteiger partial charge in [-0.1, -0.05) is 36.4 Å². The summed E-state index contributed by atoms with van der Waals surface area (Å²) in [6.07, 6.45) is 5.83. The van der Waals surface area contributed by atoms with Gasteiger partial charge in [0, 0.05) is 5.56 Å². The van der Waals surface area contributed by atoms with Gasteiger partial charge >= 0.3 is 24.1 Å². The molecule has 0 aliphatic carbocycles. The number of esters is 2. The molecule has 0 bridgehead atoms. The summed E-state index contributed by atoms with van der Waals surface area (Å²) in [4.78, 5) is 73.5. The number of carbonyl (C=O) groups excluding carboxylic acids is 4.